The van der Waals surface area contributed by atoms with Crippen molar-refractivity contribution in [2.75, 3.05) is 13.1 Å². The highest BCUT2D eigenvalue weighted by Crippen LogP contribution is 2.31. The van der Waals surface area contributed by atoms with E-state index in [1.165, 1.54) is 23.1 Å². The maximum atomic E-state index is 12.1. The molecule has 2 amide bonds. The molecular weight excluding hydrogens is 312 g/mol. The fourth-order valence-corrected chi connectivity index (χ4v) is 3.92. The van der Waals surface area contributed by atoms with Gasteiger partial charge in [0.1, 0.15) is 11.9 Å². The van der Waals surface area contributed by atoms with Crippen molar-refractivity contribution < 1.29 is 9.53 Å². The summed E-state index contributed by atoms with van der Waals surface area (Å²) in [7, 11) is 0. The smallest absolute Gasteiger partial charge is 0.314 e. The van der Waals surface area contributed by atoms with Gasteiger partial charge in [-0.1, -0.05) is 42.5 Å². The molecule has 2 aliphatic rings. The molecule has 4 heteroatoms. The lowest BCUT2D eigenvalue weighted by Gasteiger charge is -2.25. The highest BCUT2D eigenvalue weighted by molar-refractivity contribution is 5.74. The van der Waals surface area contributed by atoms with E-state index >= 15 is 0 Å². The third-order valence-corrected chi connectivity index (χ3v) is 5.21. The molecule has 1 heterocycles. The van der Waals surface area contributed by atoms with Gasteiger partial charge in [-0.2, -0.15) is 0 Å². The number of ether oxygens (including phenoxy) is 1. The van der Waals surface area contributed by atoms with E-state index in [0.29, 0.717) is 19.0 Å². The van der Waals surface area contributed by atoms with Gasteiger partial charge in [0.25, 0.3) is 0 Å². The topological polar surface area (TPSA) is 50.4 Å². The summed E-state index contributed by atoms with van der Waals surface area (Å²) in [5, 5.41) is 5.98. The normalized spacial score (nSPS) is 21.0. The maximum Gasteiger partial charge on any atom is 0.314 e. The van der Waals surface area contributed by atoms with Crippen LogP contribution >= 0.6 is 0 Å². The summed E-state index contributed by atoms with van der Waals surface area (Å²) in [5.74, 6) is 1.36. The lowest BCUT2D eigenvalue weighted by molar-refractivity contribution is 0.213. The molecule has 2 aromatic carbocycles. The Labute approximate surface area is 148 Å². The Morgan fingerprint density at radius 1 is 1.00 bits per heavy atom. The van der Waals surface area contributed by atoms with Crippen LogP contribution in [0, 0.1) is 0 Å². The molecule has 0 saturated heterocycles. The Morgan fingerprint density at radius 2 is 1.76 bits per heavy atom. The highest BCUT2D eigenvalue weighted by Gasteiger charge is 2.23. The number of rotatable bonds is 4. The number of para-hydroxylation sites is 1. The number of hydrogen-bond acceptors (Lipinski definition) is 2. The van der Waals surface area contributed by atoms with Gasteiger partial charge in [-0.15, -0.1) is 0 Å². The number of urea groups is 1. The Hall–Kier alpha value is -2.49. The monoisotopic (exact) mass is 336 g/mol. The first-order valence-electron chi connectivity index (χ1n) is 9.13. The quantitative estimate of drug-likeness (QED) is 0.899. The second kappa shape index (κ2) is 7.18. The van der Waals surface area contributed by atoms with Gasteiger partial charge in [-0.3, -0.25) is 0 Å². The van der Waals surface area contributed by atoms with E-state index in [1.54, 1.807) is 0 Å². The highest BCUT2D eigenvalue weighted by atomic mass is 16.5. The van der Waals surface area contributed by atoms with Crippen molar-refractivity contribution in [3.8, 4) is 5.75 Å². The second-order valence-electron chi connectivity index (χ2n) is 6.93. The lowest BCUT2D eigenvalue weighted by atomic mass is 9.83. The van der Waals surface area contributed by atoms with Crippen LogP contribution in [0.1, 0.15) is 35.4 Å². The predicted molar refractivity (Wildman–Crippen MR) is 98.1 cm³/mol. The van der Waals surface area contributed by atoms with Crippen molar-refractivity contribution >= 4 is 6.03 Å². The number of benzene rings is 2. The van der Waals surface area contributed by atoms with Crippen molar-refractivity contribution in [2.45, 2.75) is 37.7 Å². The fourth-order valence-electron chi connectivity index (χ4n) is 3.92. The van der Waals surface area contributed by atoms with Crippen LogP contribution in [0.25, 0.3) is 0 Å². The third kappa shape index (κ3) is 3.63. The second-order valence-corrected chi connectivity index (χ2v) is 6.93. The van der Waals surface area contributed by atoms with E-state index in [0.717, 1.165) is 25.0 Å². The Kier molecular flexibility index (Phi) is 4.59. The van der Waals surface area contributed by atoms with E-state index in [4.69, 9.17) is 4.74 Å². The minimum Gasteiger partial charge on any atom is -0.488 e. The average molecular weight is 336 g/mol. The number of carbonyl (C=O) groups is 1. The number of aryl methyl sites for hydroxylation is 1. The summed E-state index contributed by atoms with van der Waals surface area (Å²) >= 11 is 0. The van der Waals surface area contributed by atoms with Crippen molar-refractivity contribution in [1.29, 1.82) is 0 Å². The number of fused-ring (bicyclic) bond motifs is 2. The Bertz CT molecular complexity index is 734. The molecule has 0 fully saturated rings. The van der Waals surface area contributed by atoms with Crippen LogP contribution in [0.3, 0.4) is 0 Å². The van der Waals surface area contributed by atoms with Gasteiger partial charge >= 0.3 is 6.03 Å². The lowest BCUT2D eigenvalue weighted by Crippen LogP contribution is -2.42. The Balaban J connectivity index is 1.24. The molecule has 0 aromatic heterocycles. The molecule has 4 rings (SSSR count). The van der Waals surface area contributed by atoms with Gasteiger partial charge < -0.3 is 15.4 Å². The molecule has 1 aliphatic heterocycles. The number of nitrogens with one attached hydrogen (secondary N) is 2. The molecular formula is C21H24N2O2. The molecule has 0 saturated carbocycles. The summed E-state index contributed by atoms with van der Waals surface area (Å²) in [5.41, 5.74) is 4.04. The predicted octanol–water partition coefficient (Wildman–Crippen LogP) is 3.41. The van der Waals surface area contributed by atoms with Crippen molar-refractivity contribution in [1.82, 2.24) is 10.6 Å². The van der Waals surface area contributed by atoms with Crippen LogP contribution in [0.4, 0.5) is 4.79 Å². The number of hydrogen-bond donors (Lipinski definition) is 2. The van der Waals surface area contributed by atoms with Crippen molar-refractivity contribution in [2.24, 2.45) is 0 Å². The molecule has 0 spiro atoms. The zero-order valence-corrected chi connectivity index (χ0v) is 14.3. The summed E-state index contributed by atoms with van der Waals surface area (Å²) in [6, 6.07) is 16.5. The van der Waals surface area contributed by atoms with E-state index in [2.05, 4.69) is 41.0 Å². The number of carbonyl (C=O) groups excluding carboxylic acids is 1. The molecule has 2 aromatic rings. The van der Waals surface area contributed by atoms with Gasteiger partial charge in [0.05, 0.1) is 6.54 Å². The fraction of sp³-hybridized carbons (Fsp3) is 0.381. The molecule has 0 bridgehead atoms. The van der Waals surface area contributed by atoms with Gasteiger partial charge in [-0.05, 0) is 42.0 Å². The van der Waals surface area contributed by atoms with Crippen LogP contribution < -0.4 is 15.4 Å². The Morgan fingerprint density at radius 3 is 2.64 bits per heavy atom. The van der Waals surface area contributed by atoms with Crippen LogP contribution in [0.15, 0.2) is 48.5 Å². The van der Waals surface area contributed by atoms with Gasteiger partial charge in [0.15, 0.2) is 0 Å². The van der Waals surface area contributed by atoms with Crippen LogP contribution in [0.5, 0.6) is 5.75 Å². The van der Waals surface area contributed by atoms with E-state index in [-0.39, 0.29) is 12.1 Å². The van der Waals surface area contributed by atoms with Gasteiger partial charge in [0.2, 0.25) is 0 Å². The first-order valence-corrected chi connectivity index (χ1v) is 9.13. The summed E-state index contributed by atoms with van der Waals surface area (Å²) in [6.07, 6.45) is 4.36. The SMILES string of the molecule is O=C(NC[C@H]1Cc2ccccc2O1)NC[C@@H]1CCCc2ccccc21. The van der Waals surface area contributed by atoms with Crippen LogP contribution in [0.2, 0.25) is 0 Å². The minimum atomic E-state index is -0.109. The zero-order valence-electron chi connectivity index (χ0n) is 14.3. The molecule has 2 atom stereocenters. The zero-order chi connectivity index (χ0) is 17.1. The van der Waals surface area contributed by atoms with Gasteiger partial charge in [-0.25, -0.2) is 4.79 Å². The number of amides is 2. The van der Waals surface area contributed by atoms with E-state index in [1.807, 2.05) is 18.2 Å². The average Bonchev–Trinajstić information content (AvgIpc) is 3.07. The molecule has 4 nitrogen and oxygen atoms in total. The van der Waals surface area contributed by atoms with E-state index in [9.17, 15) is 4.79 Å². The van der Waals surface area contributed by atoms with Crippen molar-refractivity contribution in [3.63, 3.8) is 0 Å². The maximum absolute atomic E-state index is 12.1. The summed E-state index contributed by atoms with van der Waals surface area (Å²) < 4.78 is 5.86. The first kappa shape index (κ1) is 16.0. The molecule has 0 radical (unpaired) electrons. The minimum absolute atomic E-state index is 0.0264. The van der Waals surface area contributed by atoms with Gasteiger partial charge in [0, 0.05) is 18.9 Å². The standard InChI is InChI=1S/C21H24N2O2/c24-21(23-14-18-12-16-7-2-4-11-20(16)25-18)22-13-17-9-5-8-15-6-1-3-10-19(15)17/h1-4,6-7,10-11,17-18H,5,8-9,12-14H2,(H2,22,23,24)/t17-,18+/m0/s1. The van der Waals surface area contributed by atoms with Crippen LogP contribution in [-0.4, -0.2) is 25.2 Å². The first-order chi connectivity index (χ1) is 12.3. The molecule has 0 unspecified atom stereocenters. The largest absolute Gasteiger partial charge is 0.488 e. The summed E-state index contributed by atoms with van der Waals surface area (Å²) in [6.45, 7) is 1.22. The van der Waals surface area contributed by atoms with Crippen LogP contribution in [-0.2, 0) is 12.8 Å². The third-order valence-electron chi connectivity index (χ3n) is 5.21. The summed E-state index contributed by atoms with van der Waals surface area (Å²) in [4.78, 5) is 12.1. The van der Waals surface area contributed by atoms with Crippen molar-refractivity contribution in [3.05, 3.63) is 65.2 Å². The molecule has 130 valence electrons. The molecule has 2 N–H and O–H groups in total. The molecule has 25 heavy (non-hydrogen) atoms. The molecule has 1 aliphatic carbocycles. The van der Waals surface area contributed by atoms with E-state index < -0.39 is 0 Å².